The molecule has 31 heavy (non-hydrogen) atoms. The summed E-state index contributed by atoms with van der Waals surface area (Å²) in [5.74, 6) is 0.507. The molecule has 0 unspecified atom stereocenters. The molecule has 8 nitrogen and oxygen atoms in total. The van der Waals surface area contributed by atoms with Crippen molar-refractivity contribution in [1.82, 2.24) is 25.1 Å². The van der Waals surface area contributed by atoms with E-state index in [0.717, 1.165) is 49.5 Å². The van der Waals surface area contributed by atoms with Crippen LogP contribution < -0.4 is 16.0 Å². The molecule has 2 aromatic heterocycles. The Balaban J connectivity index is 1.25. The molecule has 0 atom stereocenters. The number of nitrogens with zero attached hydrogens (tertiary/aromatic N) is 4. The number of hydrogen-bond acceptors (Lipinski definition) is 7. The first-order valence-electron chi connectivity index (χ1n) is 10.3. The van der Waals surface area contributed by atoms with Crippen molar-refractivity contribution in [2.75, 3.05) is 56.9 Å². The topological polar surface area (TPSA) is 85.4 Å². The summed E-state index contributed by atoms with van der Waals surface area (Å²) in [5.41, 5.74) is 3.60. The van der Waals surface area contributed by atoms with E-state index >= 15 is 0 Å². The summed E-state index contributed by atoms with van der Waals surface area (Å²) < 4.78 is 0. The van der Waals surface area contributed by atoms with E-state index < -0.39 is 0 Å². The van der Waals surface area contributed by atoms with Crippen molar-refractivity contribution in [2.24, 2.45) is 0 Å². The zero-order valence-electron chi connectivity index (χ0n) is 17.5. The second-order valence-corrected chi connectivity index (χ2v) is 8.32. The molecule has 1 aliphatic heterocycles. The average molecular weight is 438 g/mol. The number of piperazine rings is 1. The standard InChI is InChI=1S/C22H27N7OS/c1-28-8-10-29(11-9-28)7-6-23-22(30)27-20-4-2-3-19(13-20)26-21-24-14-18(15-25-21)17-5-12-31-16-17/h2-5,12-16H,6-11H2,1H3,(H2,23,27,30)(H,24,25,26). The van der Waals surface area contributed by atoms with Crippen LogP contribution in [0.5, 0.6) is 0 Å². The van der Waals surface area contributed by atoms with Gasteiger partial charge >= 0.3 is 6.03 Å². The number of carbonyl (C=O) groups is 1. The van der Waals surface area contributed by atoms with E-state index in [-0.39, 0.29) is 6.03 Å². The van der Waals surface area contributed by atoms with Crippen molar-refractivity contribution in [3.05, 3.63) is 53.5 Å². The van der Waals surface area contributed by atoms with Gasteiger partial charge in [0.25, 0.3) is 0 Å². The van der Waals surface area contributed by atoms with Crippen molar-refractivity contribution < 1.29 is 4.79 Å². The number of benzene rings is 1. The largest absolute Gasteiger partial charge is 0.337 e. The monoisotopic (exact) mass is 437 g/mol. The Morgan fingerprint density at radius 3 is 2.58 bits per heavy atom. The number of nitrogens with one attached hydrogen (secondary N) is 3. The predicted octanol–water partition coefficient (Wildman–Crippen LogP) is 3.32. The van der Waals surface area contributed by atoms with Crippen LogP contribution in [0.2, 0.25) is 0 Å². The molecule has 3 N–H and O–H groups in total. The second kappa shape index (κ2) is 10.3. The van der Waals surface area contributed by atoms with Gasteiger partial charge in [-0.2, -0.15) is 11.3 Å². The van der Waals surface area contributed by atoms with Crippen molar-refractivity contribution in [1.29, 1.82) is 0 Å². The predicted molar refractivity (Wildman–Crippen MR) is 126 cm³/mol. The van der Waals surface area contributed by atoms with Gasteiger partial charge in [-0.1, -0.05) is 6.07 Å². The number of anilines is 3. The SMILES string of the molecule is CN1CCN(CCNC(=O)Nc2cccc(Nc3ncc(-c4ccsc4)cn3)c2)CC1. The maximum absolute atomic E-state index is 12.2. The van der Waals surface area contributed by atoms with Gasteiger partial charge in [0.1, 0.15) is 0 Å². The number of likely N-dealkylation sites (N-methyl/N-ethyl adjacent to an activating group) is 1. The molecule has 1 aliphatic rings. The molecule has 3 aromatic rings. The highest BCUT2D eigenvalue weighted by Gasteiger charge is 2.13. The minimum Gasteiger partial charge on any atom is -0.337 e. The summed E-state index contributed by atoms with van der Waals surface area (Å²) in [6.07, 6.45) is 3.60. The van der Waals surface area contributed by atoms with Crippen molar-refractivity contribution in [3.63, 3.8) is 0 Å². The third-order valence-corrected chi connectivity index (χ3v) is 5.88. The molecular formula is C22H27N7OS. The summed E-state index contributed by atoms with van der Waals surface area (Å²) in [5, 5.41) is 13.1. The summed E-state index contributed by atoms with van der Waals surface area (Å²) in [6.45, 7) is 5.73. The first-order chi connectivity index (χ1) is 15.2. The van der Waals surface area contributed by atoms with Gasteiger partial charge in [-0.15, -0.1) is 0 Å². The van der Waals surface area contributed by atoms with Crippen LogP contribution in [0.1, 0.15) is 0 Å². The van der Waals surface area contributed by atoms with Crippen LogP contribution in [0.3, 0.4) is 0 Å². The van der Waals surface area contributed by atoms with Gasteiger partial charge in [0, 0.05) is 68.6 Å². The summed E-state index contributed by atoms with van der Waals surface area (Å²) in [7, 11) is 2.14. The first-order valence-corrected chi connectivity index (χ1v) is 11.3. The second-order valence-electron chi connectivity index (χ2n) is 7.54. The van der Waals surface area contributed by atoms with E-state index in [0.29, 0.717) is 18.2 Å². The molecule has 3 heterocycles. The quantitative estimate of drug-likeness (QED) is 0.526. The molecule has 0 radical (unpaired) electrons. The molecule has 1 fully saturated rings. The van der Waals surface area contributed by atoms with Crippen LogP contribution in [-0.2, 0) is 0 Å². The molecule has 0 saturated carbocycles. The lowest BCUT2D eigenvalue weighted by Crippen LogP contribution is -2.47. The Kier molecular flexibility index (Phi) is 7.08. The maximum atomic E-state index is 12.2. The fourth-order valence-electron chi connectivity index (χ4n) is 3.35. The average Bonchev–Trinajstić information content (AvgIpc) is 3.31. The molecule has 1 aromatic carbocycles. The lowest BCUT2D eigenvalue weighted by molar-refractivity contribution is 0.155. The molecule has 4 rings (SSSR count). The Morgan fingerprint density at radius 1 is 1.06 bits per heavy atom. The molecule has 0 aliphatic carbocycles. The van der Waals surface area contributed by atoms with Crippen LogP contribution in [-0.4, -0.2) is 72.1 Å². The molecule has 162 valence electrons. The lowest BCUT2D eigenvalue weighted by Gasteiger charge is -2.32. The van der Waals surface area contributed by atoms with Gasteiger partial charge in [-0.25, -0.2) is 14.8 Å². The zero-order valence-corrected chi connectivity index (χ0v) is 18.4. The molecule has 0 spiro atoms. The van der Waals surface area contributed by atoms with E-state index in [1.807, 2.05) is 35.7 Å². The number of carbonyl (C=O) groups excluding carboxylic acids is 1. The van der Waals surface area contributed by atoms with E-state index in [1.54, 1.807) is 23.7 Å². The van der Waals surface area contributed by atoms with Crippen molar-refractivity contribution >= 4 is 34.7 Å². The van der Waals surface area contributed by atoms with Crippen molar-refractivity contribution in [3.8, 4) is 11.1 Å². The fraction of sp³-hybridized carbons (Fsp3) is 0.318. The van der Waals surface area contributed by atoms with Crippen LogP contribution in [0.25, 0.3) is 11.1 Å². The fourth-order valence-corrected chi connectivity index (χ4v) is 4.01. The van der Waals surface area contributed by atoms with Gasteiger partial charge in [0.15, 0.2) is 0 Å². The summed E-state index contributed by atoms with van der Waals surface area (Å²) in [4.78, 5) is 25.7. The van der Waals surface area contributed by atoms with Gasteiger partial charge in [-0.3, -0.25) is 4.90 Å². The Morgan fingerprint density at radius 2 is 1.84 bits per heavy atom. The number of thiophene rings is 1. The number of rotatable bonds is 7. The number of urea groups is 1. The highest BCUT2D eigenvalue weighted by Crippen LogP contribution is 2.22. The highest BCUT2D eigenvalue weighted by molar-refractivity contribution is 7.08. The van der Waals surface area contributed by atoms with E-state index in [4.69, 9.17) is 0 Å². The number of aromatic nitrogens is 2. The highest BCUT2D eigenvalue weighted by atomic mass is 32.1. The number of amides is 2. The molecule has 0 bridgehead atoms. The third kappa shape index (κ3) is 6.24. The Hall–Kier alpha value is -3.01. The summed E-state index contributed by atoms with van der Waals surface area (Å²) >= 11 is 1.64. The van der Waals surface area contributed by atoms with E-state index in [9.17, 15) is 4.79 Å². The van der Waals surface area contributed by atoms with Crippen LogP contribution >= 0.6 is 11.3 Å². The van der Waals surface area contributed by atoms with Crippen LogP contribution in [0.4, 0.5) is 22.1 Å². The molecular weight excluding hydrogens is 410 g/mol. The lowest BCUT2D eigenvalue weighted by atomic mass is 10.2. The molecule has 2 amide bonds. The van der Waals surface area contributed by atoms with Crippen LogP contribution in [0, 0.1) is 0 Å². The zero-order chi connectivity index (χ0) is 21.5. The van der Waals surface area contributed by atoms with Gasteiger partial charge in [0.2, 0.25) is 5.95 Å². The van der Waals surface area contributed by atoms with Crippen molar-refractivity contribution in [2.45, 2.75) is 0 Å². The maximum Gasteiger partial charge on any atom is 0.319 e. The van der Waals surface area contributed by atoms with E-state index in [2.05, 4.69) is 48.1 Å². The van der Waals surface area contributed by atoms with Gasteiger partial charge in [0.05, 0.1) is 0 Å². The molecule has 9 heteroatoms. The normalized spacial score (nSPS) is 14.9. The molecule has 1 saturated heterocycles. The summed E-state index contributed by atoms with van der Waals surface area (Å²) in [6, 6.07) is 9.33. The first kappa shape index (κ1) is 21.2. The smallest absolute Gasteiger partial charge is 0.319 e. The minimum absolute atomic E-state index is 0.206. The minimum atomic E-state index is -0.206. The van der Waals surface area contributed by atoms with Gasteiger partial charge < -0.3 is 20.9 Å². The van der Waals surface area contributed by atoms with Crippen LogP contribution in [0.15, 0.2) is 53.5 Å². The number of hydrogen-bond donors (Lipinski definition) is 3. The Labute approximate surface area is 186 Å². The van der Waals surface area contributed by atoms with Gasteiger partial charge in [-0.05, 0) is 47.6 Å². The Bertz CT molecular complexity index is 970. The van der Waals surface area contributed by atoms with E-state index in [1.165, 1.54) is 0 Å². The third-order valence-electron chi connectivity index (χ3n) is 5.19.